The van der Waals surface area contributed by atoms with Gasteiger partial charge in [0.15, 0.2) is 5.69 Å². The first-order chi connectivity index (χ1) is 8.34. The molecule has 4 nitrogen and oxygen atoms in total. The van der Waals surface area contributed by atoms with E-state index in [1.54, 1.807) is 6.20 Å². The minimum Gasteiger partial charge on any atom is -0.477 e. The highest BCUT2D eigenvalue weighted by Gasteiger charge is 2.28. The molecule has 0 spiro atoms. The molecule has 1 aromatic rings. The molecule has 3 N–H and O–H groups in total. The number of hydrogen-bond acceptors (Lipinski definition) is 3. The highest BCUT2D eigenvalue weighted by Crippen LogP contribution is 2.28. The monoisotopic (exact) mass is 250 g/mol. The summed E-state index contributed by atoms with van der Waals surface area (Å²) in [4.78, 5) is 15.1. The van der Waals surface area contributed by atoms with Crippen LogP contribution in [-0.2, 0) is 11.8 Å². The standard InChI is InChI=1S/C14H22N2O2/c1-5-9-7-10(8-16-12(9)13(17)18)14(3,4)11(15)6-2/h7-8,11H,5-6,15H2,1-4H3,(H,17,18). The molecule has 0 radical (unpaired) electrons. The van der Waals surface area contributed by atoms with E-state index in [2.05, 4.69) is 18.8 Å². The summed E-state index contributed by atoms with van der Waals surface area (Å²) in [5.74, 6) is -0.976. The van der Waals surface area contributed by atoms with Crippen LogP contribution in [0.3, 0.4) is 0 Å². The van der Waals surface area contributed by atoms with E-state index in [1.165, 1.54) is 0 Å². The fourth-order valence-electron chi connectivity index (χ4n) is 2.05. The van der Waals surface area contributed by atoms with E-state index in [9.17, 15) is 4.79 Å². The Morgan fingerprint density at radius 3 is 2.56 bits per heavy atom. The second-order valence-corrected chi connectivity index (χ2v) is 5.13. The maximum absolute atomic E-state index is 11.0. The summed E-state index contributed by atoms with van der Waals surface area (Å²) in [6, 6.07) is 1.95. The number of nitrogens with zero attached hydrogens (tertiary/aromatic N) is 1. The topological polar surface area (TPSA) is 76.2 Å². The second-order valence-electron chi connectivity index (χ2n) is 5.13. The highest BCUT2D eigenvalue weighted by molar-refractivity contribution is 5.87. The zero-order valence-corrected chi connectivity index (χ0v) is 11.5. The van der Waals surface area contributed by atoms with Gasteiger partial charge in [0.05, 0.1) is 0 Å². The van der Waals surface area contributed by atoms with Gasteiger partial charge in [-0.15, -0.1) is 0 Å². The summed E-state index contributed by atoms with van der Waals surface area (Å²) in [6.07, 6.45) is 3.16. The molecule has 0 saturated heterocycles. The van der Waals surface area contributed by atoms with Crippen LogP contribution in [0.1, 0.15) is 55.7 Å². The van der Waals surface area contributed by atoms with Crippen LogP contribution in [0.4, 0.5) is 0 Å². The molecule has 100 valence electrons. The van der Waals surface area contributed by atoms with Crippen molar-refractivity contribution < 1.29 is 9.90 Å². The van der Waals surface area contributed by atoms with Crippen molar-refractivity contribution in [1.82, 2.24) is 4.98 Å². The Balaban J connectivity index is 3.24. The molecule has 0 aromatic carbocycles. The van der Waals surface area contributed by atoms with E-state index in [4.69, 9.17) is 10.8 Å². The van der Waals surface area contributed by atoms with Crippen LogP contribution in [0.2, 0.25) is 0 Å². The summed E-state index contributed by atoms with van der Waals surface area (Å²) < 4.78 is 0. The Morgan fingerprint density at radius 2 is 2.11 bits per heavy atom. The molecule has 1 rings (SSSR count). The van der Waals surface area contributed by atoms with Crippen LogP contribution >= 0.6 is 0 Å². The predicted octanol–water partition coefficient (Wildman–Crippen LogP) is 2.36. The van der Waals surface area contributed by atoms with E-state index >= 15 is 0 Å². The van der Waals surface area contributed by atoms with Crippen molar-refractivity contribution in [2.75, 3.05) is 0 Å². The molecular formula is C14H22N2O2. The average molecular weight is 250 g/mol. The summed E-state index contributed by atoms with van der Waals surface area (Å²) in [7, 11) is 0. The van der Waals surface area contributed by atoms with Crippen molar-refractivity contribution in [2.24, 2.45) is 5.73 Å². The van der Waals surface area contributed by atoms with Gasteiger partial charge in [0.1, 0.15) is 0 Å². The first kappa shape index (κ1) is 14.6. The first-order valence-electron chi connectivity index (χ1n) is 6.32. The quantitative estimate of drug-likeness (QED) is 0.841. The van der Waals surface area contributed by atoms with Crippen LogP contribution in [0.15, 0.2) is 12.3 Å². The van der Waals surface area contributed by atoms with E-state index in [1.807, 2.05) is 19.9 Å². The predicted molar refractivity (Wildman–Crippen MR) is 71.9 cm³/mol. The first-order valence-corrected chi connectivity index (χ1v) is 6.32. The Labute approximate surface area is 108 Å². The number of aromatic nitrogens is 1. The number of carbonyl (C=O) groups is 1. The van der Waals surface area contributed by atoms with Crippen LogP contribution < -0.4 is 5.73 Å². The molecule has 0 amide bonds. The Kier molecular flexibility index (Phi) is 4.46. The van der Waals surface area contributed by atoms with Crippen molar-refractivity contribution >= 4 is 5.97 Å². The van der Waals surface area contributed by atoms with Crippen molar-refractivity contribution in [1.29, 1.82) is 0 Å². The molecule has 1 heterocycles. The lowest BCUT2D eigenvalue weighted by atomic mass is 9.77. The number of pyridine rings is 1. The minimum absolute atomic E-state index is 0.0275. The Morgan fingerprint density at radius 1 is 1.50 bits per heavy atom. The third-order valence-electron chi connectivity index (χ3n) is 3.66. The fourth-order valence-corrected chi connectivity index (χ4v) is 2.05. The molecule has 1 unspecified atom stereocenters. The maximum Gasteiger partial charge on any atom is 0.354 e. The number of aryl methyl sites for hydroxylation is 1. The van der Waals surface area contributed by atoms with Gasteiger partial charge in [0.2, 0.25) is 0 Å². The smallest absolute Gasteiger partial charge is 0.354 e. The van der Waals surface area contributed by atoms with Crippen LogP contribution in [0, 0.1) is 0 Å². The van der Waals surface area contributed by atoms with E-state index in [0.29, 0.717) is 6.42 Å². The molecule has 0 fully saturated rings. The number of aromatic carboxylic acids is 1. The molecule has 0 aliphatic heterocycles. The van der Waals surface area contributed by atoms with Gasteiger partial charge in [-0.1, -0.05) is 33.8 Å². The number of rotatable bonds is 5. The molecule has 4 heteroatoms. The lowest BCUT2D eigenvalue weighted by Crippen LogP contribution is -2.40. The van der Waals surface area contributed by atoms with Crippen molar-refractivity contribution in [2.45, 2.75) is 52.0 Å². The number of carboxylic acids is 1. The third-order valence-corrected chi connectivity index (χ3v) is 3.66. The van der Waals surface area contributed by atoms with E-state index in [0.717, 1.165) is 17.5 Å². The van der Waals surface area contributed by atoms with Gasteiger partial charge in [-0.25, -0.2) is 9.78 Å². The van der Waals surface area contributed by atoms with Crippen LogP contribution in [-0.4, -0.2) is 22.1 Å². The molecule has 0 saturated carbocycles. The SMILES string of the molecule is CCc1cc(C(C)(C)C(N)CC)cnc1C(=O)O. The summed E-state index contributed by atoms with van der Waals surface area (Å²) in [6.45, 7) is 8.11. The van der Waals surface area contributed by atoms with Crippen LogP contribution in [0.25, 0.3) is 0 Å². The van der Waals surface area contributed by atoms with Gasteiger partial charge in [-0.3, -0.25) is 0 Å². The lowest BCUT2D eigenvalue weighted by molar-refractivity contribution is 0.0689. The molecule has 1 aromatic heterocycles. The minimum atomic E-state index is -0.976. The fraction of sp³-hybridized carbons (Fsp3) is 0.571. The van der Waals surface area contributed by atoms with Crippen molar-refractivity contribution in [3.63, 3.8) is 0 Å². The highest BCUT2D eigenvalue weighted by atomic mass is 16.4. The molecule has 0 bridgehead atoms. The molecule has 18 heavy (non-hydrogen) atoms. The Hall–Kier alpha value is -1.42. The van der Waals surface area contributed by atoms with Gasteiger partial charge in [-0.2, -0.15) is 0 Å². The Bertz CT molecular complexity index is 441. The summed E-state index contributed by atoms with van der Waals surface area (Å²) in [5.41, 5.74) is 7.82. The second kappa shape index (κ2) is 5.48. The van der Waals surface area contributed by atoms with Crippen LogP contribution in [0.5, 0.6) is 0 Å². The molecule has 0 aliphatic carbocycles. The van der Waals surface area contributed by atoms with Gasteiger partial charge < -0.3 is 10.8 Å². The number of nitrogens with two attached hydrogens (primary N) is 1. The van der Waals surface area contributed by atoms with Gasteiger partial charge >= 0.3 is 5.97 Å². The summed E-state index contributed by atoms with van der Waals surface area (Å²) in [5, 5.41) is 9.06. The maximum atomic E-state index is 11.0. The lowest BCUT2D eigenvalue weighted by Gasteiger charge is -2.31. The largest absolute Gasteiger partial charge is 0.477 e. The molecule has 1 atom stereocenters. The molecule has 0 aliphatic rings. The van der Waals surface area contributed by atoms with E-state index < -0.39 is 5.97 Å². The van der Waals surface area contributed by atoms with Gasteiger partial charge in [-0.05, 0) is 24.0 Å². The average Bonchev–Trinajstić information content (AvgIpc) is 2.36. The number of carboxylic acid groups (broad SMARTS) is 1. The number of hydrogen-bond donors (Lipinski definition) is 2. The van der Waals surface area contributed by atoms with Gasteiger partial charge in [0.25, 0.3) is 0 Å². The zero-order chi connectivity index (χ0) is 13.9. The molecular weight excluding hydrogens is 228 g/mol. The van der Waals surface area contributed by atoms with Crippen molar-refractivity contribution in [3.05, 3.63) is 29.1 Å². The van der Waals surface area contributed by atoms with Crippen molar-refractivity contribution in [3.8, 4) is 0 Å². The zero-order valence-electron chi connectivity index (χ0n) is 11.5. The summed E-state index contributed by atoms with van der Waals surface area (Å²) >= 11 is 0. The normalized spacial score (nSPS) is 13.4. The third kappa shape index (κ3) is 2.70. The van der Waals surface area contributed by atoms with Gasteiger partial charge in [0, 0.05) is 17.7 Å². The van der Waals surface area contributed by atoms with E-state index in [-0.39, 0.29) is 17.2 Å².